The van der Waals surface area contributed by atoms with Crippen LogP contribution in [0.2, 0.25) is 10.0 Å². The van der Waals surface area contributed by atoms with Crippen LogP contribution >= 0.6 is 68.4 Å². The topological polar surface area (TPSA) is 75.7 Å². The number of imide groups is 2. The number of ether oxygens (including phenoxy) is 1. The third-order valence-corrected chi connectivity index (χ3v) is 7.61. The van der Waals surface area contributed by atoms with Crippen LogP contribution in [0.4, 0.5) is 10.5 Å². The molecule has 10 heteroatoms. The Bertz CT molecular complexity index is 1380. The Morgan fingerprint density at radius 2 is 1.64 bits per heavy atom. The first kappa shape index (κ1) is 26.9. The van der Waals surface area contributed by atoms with E-state index < -0.39 is 17.8 Å². The fourth-order valence-corrected chi connectivity index (χ4v) is 6.12. The minimum absolute atomic E-state index is 0.137. The average Bonchev–Trinajstić information content (AvgIpc) is 2.82. The molecule has 1 N–H and O–H groups in total. The zero-order valence-electron chi connectivity index (χ0n) is 18.8. The Hall–Kier alpha value is -2.15. The van der Waals surface area contributed by atoms with Gasteiger partial charge in [-0.05, 0) is 105 Å². The number of anilines is 1. The van der Waals surface area contributed by atoms with E-state index in [9.17, 15) is 14.4 Å². The van der Waals surface area contributed by atoms with E-state index in [0.717, 1.165) is 29.6 Å². The molecular formula is C26H18Cl2I2N2O4. The van der Waals surface area contributed by atoms with E-state index in [4.69, 9.17) is 27.9 Å². The number of aryl methyl sites for hydroxylation is 1. The van der Waals surface area contributed by atoms with Gasteiger partial charge < -0.3 is 4.74 Å². The molecule has 0 spiro atoms. The van der Waals surface area contributed by atoms with Crippen LogP contribution in [0.3, 0.4) is 0 Å². The predicted octanol–water partition coefficient (Wildman–Crippen LogP) is 7.01. The van der Waals surface area contributed by atoms with Crippen LogP contribution in [0.25, 0.3) is 6.08 Å². The van der Waals surface area contributed by atoms with Crippen LogP contribution < -0.4 is 15.0 Å². The van der Waals surface area contributed by atoms with Gasteiger partial charge in [0.2, 0.25) is 0 Å². The average molecular weight is 747 g/mol. The van der Waals surface area contributed by atoms with Crippen molar-refractivity contribution in [3.63, 3.8) is 0 Å². The summed E-state index contributed by atoms with van der Waals surface area (Å²) in [5.41, 5.74) is 2.74. The smallest absolute Gasteiger partial charge is 0.335 e. The molecule has 4 amide bonds. The first-order valence-electron chi connectivity index (χ1n) is 10.7. The molecule has 0 saturated carbocycles. The maximum absolute atomic E-state index is 13.2. The molecule has 0 unspecified atom stereocenters. The summed E-state index contributed by atoms with van der Waals surface area (Å²) in [6.45, 7) is 2.26. The van der Waals surface area contributed by atoms with Crippen molar-refractivity contribution in [2.75, 3.05) is 4.90 Å². The zero-order chi connectivity index (χ0) is 26.0. The summed E-state index contributed by atoms with van der Waals surface area (Å²) in [4.78, 5) is 39.2. The van der Waals surface area contributed by atoms with Gasteiger partial charge in [0.25, 0.3) is 11.8 Å². The van der Waals surface area contributed by atoms with Crippen molar-refractivity contribution in [1.82, 2.24) is 5.32 Å². The van der Waals surface area contributed by atoms with Gasteiger partial charge in [-0.25, -0.2) is 9.69 Å². The van der Waals surface area contributed by atoms with E-state index in [-0.39, 0.29) is 12.2 Å². The van der Waals surface area contributed by atoms with Crippen molar-refractivity contribution < 1.29 is 19.1 Å². The SMILES string of the molecule is CCc1ccc(N2C(=O)NC(=O)/C(=C/c3cc(I)c(OCc4ccc(Cl)cc4Cl)c(I)c3)C2=O)cc1. The summed E-state index contributed by atoms with van der Waals surface area (Å²) in [6, 6.07) is 15.1. The quantitative estimate of drug-likeness (QED) is 0.167. The normalized spacial score (nSPS) is 14.9. The van der Waals surface area contributed by atoms with Crippen LogP contribution in [-0.4, -0.2) is 17.8 Å². The first-order chi connectivity index (χ1) is 17.2. The molecule has 3 aromatic carbocycles. The highest BCUT2D eigenvalue weighted by Gasteiger charge is 2.36. The van der Waals surface area contributed by atoms with Gasteiger partial charge in [0.1, 0.15) is 17.9 Å². The number of hydrogen-bond acceptors (Lipinski definition) is 4. The minimum atomic E-state index is -0.778. The minimum Gasteiger partial charge on any atom is -0.487 e. The van der Waals surface area contributed by atoms with Crippen molar-refractivity contribution in [3.05, 3.63) is 94.0 Å². The third-order valence-electron chi connectivity index (χ3n) is 5.42. The molecule has 1 fully saturated rings. The Morgan fingerprint density at radius 3 is 2.25 bits per heavy atom. The predicted molar refractivity (Wildman–Crippen MR) is 157 cm³/mol. The second kappa shape index (κ2) is 11.5. The Morgan fingerprint density at radius 1 is 0.972 bits per heavy atom. The van der Waals surface area contributed by atoms with Crippen LogP contribution in [-0.2, 0) is 22.6 Å². The lowest BCUT2D eigenvalue weighted by Gasteiger charge is -2.26. The molecule has 0 bridgehead atoms. The fraction of sp³-hybridized carbons (Fsp3) is 0.115. The van der Waals surface area contributed by atoms with E-state index in [1.165, 1.54) is 6.08 Å². The molecule has 36 heavy (non-hydrogen) atoms. The van der Waals surface area contributed by atoms with Gasteiger partial charge >= 0.3 is 6.03 Å². The molecule has 3 aromatic rings. The molecule has 6 nitrogen and oxygen atoms in total. The third kappa shape index (κ3) is 5.87. The van der Waals surface area contributed by atoms with Gasteiger partial charge in [-0.15, -0.1) is 0 Å². The standard InChI is InChI=1S/C26H18Cl2I2N2O4/c1-2-14-3-7-18(8-4-14)32-25(34)19(24(33)31-26(32)35)9-15-10-21(29)23(22(30)11-15)36-13-16-5-6-17(27)12-20(16)28/h3-12H,2,13H2,1H3,(H,31,33,35)/b19-9-. The maximum atomic E-state index is 13.2. The largest absolute Gasteiger partial charge is 0.487 e. The van der Waals surface area contributed by atoms with E-state index in [2.05, 4.69) is 50.5 Å². The second-order valence-corrected chi connectivity index (χ2v) is 11.0. The van der Waals surface area contributed by atoms with Gasteiger partial charge in [-0.1, -0.05) is 48.3 Å². The zero-order valence-corrected chi connectivity index (χ0v) is 24.6. The molecule has 4 rings (SSSR count). The Kier molecular flexibility index (Phi) is 8.59. The first-order valence-corrected chi connectivity index (χ1v) is 13.7. The molecular weight excluding hydrogens is 729 g/mol. The number of carbonyl (C=O) groups is 3. The number of nitrogens with one attached hydrogen (secondary N) is 1. The van der Waals surface area contributed by atoms with Crippen molar-refractivity contribution in [2.45, 2.75) is 20.0 Å². The van der Waals surface area contributed by atoms with Crippen LogP contribution in [0.15, 0.2) is 60.2 Å². The second-order valence-electron chi connectivity index (χ2n) is 7.82. The fourth-order valence-electron chi connectivity index (χ4n) is 3.53. The Balaban J connectivity index is 1.60. The van der Waals surface area contributed by atoms with Gasteiger partial charge in [-0.2, -0.15) is 0 Å². The highest BCUT2D eigenvalue weighted by atomic mass is 127. The van der Waals surface area contributed by atoms with Crippen LogP contribution in [0.1, 0.15) is 23.6 Å². The molecule has 0 aliphatic carbocycles. The summed E-state index contributed by atoms with van der Waals surface area (Å²) < 4.78 is 7.57. The van der Waals surface area contributed by atoms with Crippen LogP contribution in [0, 0.1) is 7.14 Å². The lowest BCUT2D eigenvalue weighted by Crippen LogP contribution is -2.54. The van der Waals surface area contributed by atoms with Crippen LogP contribution in [0.5, 0.6) is 5.75 Å². The molecule has 1 saturated heterocycles. The number of carbonyl (C=O) groups excluding carboxylic acids is 3. The number of rotatable bonds is 6. The van der Waals surface area contributed by atoms with Crippen molar-refractivity contribution in [2.24, 2.45) is 0 Å². The van der Waals surface area contributed by atoms with Gasteiger partial charge in [0.05, 0.1) is 12.8 Å². The highest BCUT2D eigenvalue weighted by molar-refractivity contribution is 14.1. The summed E-state index contributed by atoms with van der Waals surface area (Å²) in [7, 11) is 0. The summed E-state index contributed by atoms with van der Waals surface area (Å²) in [6.07, 6.45) is 2.30. The molecule has 0 aromatic heterocycles. The van der Waals surface area contributed by atoms with Gasteiger partial charge in [0, 0.05) is 15.6 Å². The highest BCUT2D eigenvalue weighted by Crippen LogP contribution is 2.32. The van der Waals surface area contributed by atoms with E-state index in [1.54, 1.807) is 42.5 Å². The maximum Gasteiger partial charge on any atom is 0.335 e. The molecule has 1 heterocycles. The lowest BCUT2D eigenvalue weighted by atomic mass is 10.1. The van der Waals surface area contributed by atoms with Gasteiger partial charge in [0.15, 0.2) is 0 Å². The molecule has 1 aliphatic rings. The summed E-state index contributed by atoms with van der Waals surface area (Å²) >= 11 is 16.5. The van der Waals surface area contributed by atoms with Crippen molar-refractivity contribution >= 4 is 98.0 Å². The van der Waals surface area contributed by atoms with Crippen molar-refractivity contribution in [3.8, 4) is 5.75 Å². The number of halogens is 4. The molecule has 0 radical (unpaired) electrons. The van der Waals surface area contributed by atoms with E-state index >= 15 is 0 Å². The summed E-state index contributed by atoms with van der Waals surface area (Å²) in [5.74, 6) is -0.776. The number of nitrogens with zero attached hydrogens (tertiary/aromatic N) is 1. The summed E-state index contributed by atoms with van der Waals surface area (Å²) in [5, 5.41) is 3.31. The monoisotopic (exact) mass is 746 g/mol. The van der Waals surface area contributed by atoms with E-state index in [1.807, 2.05) is 19.1 Å². The number of barbiturate groups is 1. The molecule has 0 atom stereocenters. The Labute approximate surface area is 245 Å². The number of benzene rings is 3. The molecule has 184 valence electrons. The van der Waals surface area contributed by atoms with Crippen molar-refractivity contribution in [1.29, 1.82) is 0 Å². The molecule has 1 aliphatic heterocycles. The number of urea groups is 1. The van der Waals surface area contributed by atoms with Gasteiger partial charge in [-0.3, -0.25) is 14.9 Å². The number of amides is 4. The van der Waals surface area contributed by atoms with E-state index in [0.29, 0.717) is 27.0 Å². The lowest BCUT2D eigenvalue weighted by molar-refractivity contribution is -0.122. The number of hydrogen-bond donors (Lipinski definition) is 1.